The highest BCUT2D eigenvalue weighted by molar-refractivity contribution is 8.00. The number of methoxy groups -OCH3 is 1. The fourth-order valence-corrected chi connectivity index (χ4v) is 3.43. The summed E-state index contributed by atoms with van der Waals surface area (Å²) in [7, 11) is 1.45. The minimum Gasteiger partial charge on any atom is -0.495 e. The van der Waals surface area contributed by atoms with Crippen LogP contribution in [0.25, 0.3) is 10.8 Å². The van der Waals surface area contributed by atoms with Gasteiger partial charge in [0.05, 0.1) is 23.5 Å². The van der Waals surface area contributed by atoms with E-state index in [1.807, 2.05) is 42.5 Å². The van der Waals surface area contributed by atoms with Crippen LogP contribution >= 0.6 is 11.8 Å². The molecule has 0 saturated carbocycles. The quantitative estimate of drug-likeness (QED) is 0.394. The molecule has 0 heterocycles. The van der Waals surface area contributed by atoms with Gasteiger partial charge in [-0.05, 0) is 22.9 Å². The van der Waals surface area contributed by atoms with Crippen LogP contribution in [0.3, 0.4) is 0 Å². The van der Waals surface area contributed by atoms with Crippen LogP contribution in [0.1, 0.15) is 0 Å². The summed E-state index contributed by atoms with van der Waals surface area (Å²) in [4.78, 5) is 23.7. The number of nitrogens with one attached hydrogen (secondary N) is 1. The van der Waals surface area contributed by atoms with Crippen LogP contribution in [0.4, 0.5) is 11.4 Å². The Morgan fingerprint density at radius 3 is 2.69 bits per heavy atom. The number of carbonyl (C=O) groups is 1. The molecule has 0 aliphatic rings. The Balaban J connectivity index is 1.73. The molecule has 7 heteroatoms. The summed E-state index contributed by atoms with van der Waals surface area (Å²) >= 11 is 1.41. The molecule has 26 heavy (non-hydrogen) atoms. The van der Waals surface area contributed by atoms with Gasteiger partial charge < -0.3 is 10.1 Å². The standard InChI is InChI=1S/C19H16N2O4S/c1-25-17-10-9-14(21(23)24)11-16(17)20-19(22)12-26-18-8-4-6-13-5-2-3-7-15(13)18/h2-11H,12H2,1H3,(H,20,22). The Kier molecular flexibility index (Phi) is 5.38. The summed E-state index contributed by atoms with van der Waals surface area (Å²) < 4.78 is 5.16. The average Bonchev–Trinajstić information content (AvgIpc) is 2.66. The molecule has 0 aromatic heterocycles. The molecule has 0 spiro atoms. The number of hydrogen-bond donors (Lipinski definition) is 1. The number of rotatable bonds is 6. The van der Waals surface area contributed by atoms with Crippen molar-refractivity contribution in [2.24, 2.45) is 0 Å². The van der Waals surface area contributed by atoms with E-state index in [4.69, 9.17) is 4.74 Å². The van der Waals surface area contributed by atoms with Crippen molar-refractivity contribution >= 4 is 39.8 Å². The van der Waals surface area contributed by atoms with Crippen molar-refractivity contribution in [2.75, 3.05) is 18.2 Å². The lowest BCUT2D eigenvalue weighted by molar-refractivity contribution is -0.384. The Labute approximate surface area is 154 Å². The molecular weight excluding hydrogens is 352 g/mol. The van der Waals surface area contributed by atoms with E-state index < -0.39 is 4.92 Å². The topological polar surface area (TPSA) is 81.5 Å². The number of amides is 1. The number of non-ortho nitro benzene ring substituents is 1. The molecule has 3 aromatic rings. The first kappa shape index (κ1) is 17.8. The van der Waals surface area contributed by atoms with E-state index in [1.165, 1.54) is 37.1 Å². The number of nitro groups is 1. The molecule has 0 unspecified atom stereocenters. The van der Waals surface area contributed by atoms with Crippen molar-refractivity contribution in [3.05, 3.63) is 70.8 Å². The molecule has 1 amide bonds. The summed E-state index contributed by atoms with van der Waals surface area (Å²) in [5.74, 6) is 0.292. The molecule has 1 N–H and O–H groups in total. The highest BCUT2D eigenvalue weighted by Gasteiger charge is 2.14. The second kappa shape index (κ2) is 7.88. The van der Waals surface area contributed by atoms with Crippen LogP contribution in [0.2, 0.25) is 0 Å². The van der Waals surface area contributed by atoms with E-state index in [9.17, 15) is 14.9 Å². The van der Waals surface area contributed by atoms with E-state index in [1.54, 1.807) is 0 Å². The zero-order valence-corrected chi connectivity index (χ0v) is 14.8. The SMILES string of the molecule is COc1ccc([N+](=O)[O-])cc1NC(=O)CSc1cccc2ccccc12. The Morgan fingerprint density at radius 2 is 1.92 bits per heavy atom. The zero-order valence-electron chi connectivity index (χ0n) is 14.0. The lowest BCUT2D eigenvalue weighted by atomic mass is 10.1. The van der Waals surface area contributed by atoms with Crippen LogP contribution in [-0.2, 0) is 4.79 Å². The first-order chi connectivity index (χ1) is 12.6. The summed E-state index contributed by atoms with van der Waals surface area (Å²) in [5.41, 5.74) is 0.174. The summed E-state index contributed by atoms with van der Waals surface area (Å²) in [6.45, 7) is 0. The number of nitrogens with zero attached hydrogens (tertiary/aromatic N) is 1. The van der Waals surface area contributed by atoms with Crippen molar-refractivity contribution in [3.8, 4) is 5.75 Å². The predicted molar refractivity (Wildman–Crippen MR) is 103 cm³/mol. The van der Waals surface area contributed by atoms with E-state index in [-0.39, 0.29) is 23.0 Å². The van der Waals surface area contributed by atoms with E-state index in [0.29, 0.717) is 5.75 Å². The maximum Gasteiger partial charge on any atom is 0.271 e. The van der Waals surface area contributed by atoms with Gasteiger partial charge in [-0.3, -0.25) is 14.9 Å². The second-order valence-corrected chi connectivity index (χ2v) is 6.47. The zero-order chi connectivity index (χ0) is 18.5. The molecule has 3 rings (SSSR count). The molecule has 0 bridgehead atoms. The van der Waals surface area contributed by atoms with Crippen molar-refractivity contribution in [2.45, 2.75) is 4.90 Å². The molecule has 0 fully saturated rings. The number of thioether (sulfide) groups is 1. The van der Waals surface area contributed by atoms with Gasteiger partial charge in [-0.15, -0.1) is 11.8 Å². The van der Waals surface area contributed by atoms with Crippen LogP contribution in [-0.4, -0.2) is 23.7 Å². The number of nitro benzene ring substituents is 1. The number of carbonyl (C=O) groups excluding carboxylic acids is 1. The van der Waals surface area contributed by atoms with Gasteiger partial charge in [0.2, 0.25) is 5.91 Å². The molecular formula is C19H16N2O4S. The fraction of sp³-hybridized carbons (Fsp3) is 0.105. The first-order valence-electron chi connectivity index (χ1n) is 7.81. The largest absolute Gasteiger partial charge is 0.495 e. The molecule has 6 nitrogen and oxygen atoms in total. The normalized spacial score (nSPS) is 10.5. The number of hydrogen-bond acceptors (Lipinski definition) is 5. The number of benzene rings is 3. The Morgan fingerprint density at radius 1 is 1.15 bits per heavy atom. The maximum absolute atomic E-state index is 12.3. The average molecular weight is 368 g/mol. The van der Waals surface area contributed by atoms with Gasteiger partial charge >= 0.3 is 0 Å². The molecule has 132 valence electrons. The Hall–Kier alpha value is -3.06. The van der Waals surface area contributed by atoms with Crippen LogP contribution in [0.5, 0.6) is 5.75 Å². The fourth-order valence-electron chi connectivity index (χ4n) is 2.56. The summed E-state index contributed by atoms with van der Waals surface area (Å²) in [5, 5.41) is 15.8. The lowest BCUT2D eigenvalue weighted by Gasteiger charge is -2.10. The molecule has 0 radical (unpaired) electrons. The minimum absolute atomic E-state index is 0.109. The van der Waals surface area contributed by atoms with Gasteiger partial charge in [0, 0.05) is 17.0 Å². The van der Waals surface area contributed by atoms with Gasteiger partial charge in [-0.2, -0.15) is 0 Å². The van der Waals surface area contributed by atoms with Crippen LogP contribution in [0.15, 0.2) is 65.6 Å². The Bertz CT molecular complexity index is 969. The number of anilines is 1. The summed E-state index contributed by atoms with van der Waals surface area (Å²) in [6, 6.07) is 18.0. The van der Waals surface area contributed by atoms with Crippen molar-refractivity contribution < 1.29 is 14.5 Å². The number of ether oxygens (including phenoxy) is 1. The lowest BCUT2D eigenvalue weighted by Crippen LogP contribution is -2.14. The third-order valence-electron chi connectivity index (χ3n) is 3.78. The van der Waals surface area contributed by atoms with Crippen molar-refractivity contribution in [1.29, 1.82) is 0 Å². The molecule has 0 aliphatic heterocycles. The number of fused-ring (bicyclic) bond motifs is 1. The van der Waals surface area contributed by atoms with Crippen LogP contribution in [0, 0.1) is 10.1 Å². The second-order valence-electron chi connectivity index (χ2n) is 5.46. The van der Waals surface area contributed by atoms with E-state index in [2.05, 4.69) is 5.32 Å². The van der Waals surface area contributed by atoms with Gasteiger partial charge in [-0.1, -0.05) is 36.4 Å². The van der Waals surface area contributed by atoms with Crippen LogP contribution < -0.4 is 10.1 Å². The van der Waals surface area contributed by atoms with Crippen molar-refractivity contribution in [3.63, 3.8) is 0 Å². The molecule has 3 aromatic carbocycles. The maximum atomic E-state index is 12.3. The third-order valence-corrected chi connectivity index (χ3v) is 4.85. The third kappa shape index (κ3) is 3.94. The van der Waals surface area contributed by atoms with Crippen molar-refractivity contribution in [1.82, 2.24) is 0 Å². The van der Waals surface area contributed by atoms with Gasteiger partial charge in [0.25, 0.3) is 5.69 Å². The van der Waals surface area contributed by atoms with Gasteiger partial charge in [0.1, 0.15) is 5.75 Å². The smallest absolute Gasteiger partial charge is 0.271 e. The summed E-state index contributed by atoms with van der Waals surface area (Å²) in [6.07, 6.45) is 0. The molecule has 0 atom stereocenters. The monoisotopic (exact) mass is 368 g/mol. The molecule has 0 aliphatic carbocycles. The predicted octanol–water partition coefficient (Wildman–Crippen LogP) is 4.49. The first-order valence-corrected chi connectivity index (χ1v) is 8.80. The molecule has 0 saturated heterocycles. The minimum atomic E-state index is -0.514. The van der Waals surface area contributed by atoms with Gasteiger partial charge in [0.15, 0.2) is 0 Å². The van der Waals surface area contributed by atoms with E-state index in [0.717, 1.165) is 15.7 Å². The highest BCUT2D eigenvalue weighted by atomic mass is 32.2. The van der Waals surface area contributed by atoms with Gasteiger partial charge in [-0.25, -0.2) is 0 Å². The highest BCUT2D eigenvalue weighted by Crippen LogP contribution is 2.30. The van der Waals surface area contributed by atoms with E-state index >= 15 is 0 Å².